The summed E-state index contributed by atoms with van der Waals surface area (Å²) in [4.78, 5) is 0. The van der Waals surface area contributed by atoms with Gasteiger partial charge in [0, 0.05) is 13.2 Å². The Labute approximate surface area is 67.3 Å². The van der Waals surface area contributed by atoms with E-state index in [-0.39, 0.29) is 0 Å². The predicted octanol–water partition coefficient (Wildman–Crippen LogP) is 1.63. The van der Waals surface area contributed by atoms with Crippen LogP contribution in [0.5, 0.6) is 0 Å². The Hall–Kier alpha value is -1.30. The molecule has 3 heteroatoms. The molecule has 0 radical (unpaired) electrons. The second-order valence-corrected chi connectivity index (χ2v) is 1.91. The Morgan fingerprint density at radius 2 is 2.09 bits per heavy atom. The number of nitriles is 1. The van der Waals surface area contributed by atoms with Gasteiger partial charge in [0.15, 0.2) is 0 Å². The van der Waals surface area contributed by atoms with Gasteiger partial charge in [-0.05, 0) is 6.92 Å². The van der Waals surface area contributed by atoms with Crippen LogP contribution in [0.1, 0.15) is 25.1 Å². The summed E-state index contributed by atoms with van der Waals surface area (Å²) in [5.74, 6) is 0. The van der Waals surface area contributed by atoms with Gasteiger partial charge < -0.3 is 0 Å². The minimum absolute atomic E-state index is 0.650. The Morgan fingerprint density at radius 1 is 1.55 bits per heavy atom. The molecule has 0 spiro atoms. The van der Waals surface area contributed by atoms with Crippen molar-refractivity contribution in [1.29, 1.82) is 5.26 Å². The van der Waals surface area contributed by atoms with Gasteiger partial charge in [0.1, 0.15) is 6.07 Å². The van der Waals surface area contributed by atoms with Crippen molar-refractivity contribution >= 4 is 0 Å². The van der Waals surface area contributed by atoms with Gasteiger partial charge in [-0.15, -0.1) is 0 Å². The molecular formula is C8H13N3. The highest BCUT2D eigenvalue weighted by Crippen LogP contribution is 2.00. The van der Waals surface area contributed by atoms with Crippen molar-refractivity contribution in [2.45, 2.75) is 20.8 Å². The van der Waals surface area contributed by atoms with Crippen molar-refractivity contribution in [3.8, 4) is 6.07 Å². The molecule has 0 amide bonds. The van der Waals surface area contributed by atoms with Crippen LogP contribution < -0.4 is 0 Å². The highest BCUT2D eigenvalue weighted by atomic mass is 15.2. The molecule has 1 rings (SSSR count). The minimum Gasteiger partial charge on any atom is -0.274 e. The quantitative estimate of drug-likeness (QED) is 0.565. The lowest BCUT2D eigenvalue weighted by atomic mass is 10.3. The monoisotopic (exact) mass is 151 g/mol. The zero-order valence-electron chi connectivity index (χ0n) is 7.42. The molecular weight excluding hydrogens is 138 g/mol. The zero-order valence-corrected chi connectivity index (χ0v) is 7.42. The van der Waals surface area contributed by atoms with E-state index in [0.717, 1.165) is 5.69 Å². The van der Waals surface area contributed by atoms with Crippen LogP contribution in [0.3, 0.4) is 0 Å². The van der Waals surface area contributed by atoms with Gasteiger partial charge in [-0.2, -0.15) is 10.4 Å². The fourth-order valence-corrected chi connectivity index (χ4v) is 0.709. The molecule has 11 heavy (non-hydrogen) atoms. The SMILES string of the molecule is CC.Cc1nn(C)cc1C#N. The van der Waals surface area contributed by atoms with Crippen molar-refractivity contribution in [2.24, 2.45) is 7.05 Å². The highest BCUT2D eigenvalue weighted by molar-refractivity contribution is 5.29. The van der Waals surface area contributed by atoms with Crippen LogP contribution in [-0.4, -0.2) is 9.78 Å². The maximum Gasteiger partial charge on any atom is 0.103 e. The average Bonchev–Trinajstić information content (AvgIpc) is 2.33. The lowest BCUT2D eigenvalue weighted by Crippen LogP contribution is -1.86. The van der Waals surface area contributed by atoms with Gasteiger partial charge in [0.2, 0.25) is 0 Å². The van der Waals surface area contributed by atoms with E-state index in [4.69, 9.17) is 5.26 Å². The molecule has 60 valence electrons. The molecule has 0 aliphatic heterocycles. The topological polar surface area (TPSA) is 41.6 Å². The maximum atomic E-state index is 8.43. The fourth-order valence-electron chi connectivity index (χ4n) is 0.709. The van der Waals surface area contributed by atoms with E-state index in [1.807, 2.05) is 26.8 Å². The van der Waals surface area contributed by atoms with E-state index in [2.05, 4.69) is 5.10 Å². The Balaban J connectivity index is 0.000000461. The number of aromatic nitrogens is 2. The van der Waals surface area contributed by atoms with Crippen LogP contribution >= 0.6 is 0 Å². The van der Waals surface area contributed by atoms with Gasteiger partial charge in [0.25, 0.3) is 0 Å². The smallest absolute Gasteiger partial charge is 0.103 e. The molecule has 0 fully saturated rings. The first-order valence-corrected chi connectivity index (χ1v) is 3.64. The lowest BCUT2D eigenvalue weighted by molar-refractivity contribution is 0.756. The molecule has 0 bridgehead atoms. The van der Waals surface area contributed by atoms with Crippen LogP contribution in [0, 0.1) is 18.3 Å². The summed E-state index contributed by atoms with van der Waals surface area (Å²) < 4.78 is 1.63. The van der Waals surface area contributed by atoms with E-state index in [1.54, 1.807) is 17.9 Å². The summed E-state index contributed by atoms with van der Waals surface area (Å²) in [6.07, 6.45) is 1.70. The Morgan fingerprint density at radius 3 is 2.27 bits per heavy atom. The molecule has 1 aromatic heterocycles. The first-order valence-electron chi connectivity index (χ1n) is 3.64. The van der Waals surface area contributed by atoms with Crippen molar-refractivity contribution in [2.75, 3.05) is 0 Å². The molecule has 0 aliphatic carbocycles. The zero-order chi connectivity index (χ0) is 8.85. The number of rotatable bonds is 0. The maximum absolute atomic E-state index is 8.43. The molecule has 0 N–H and O–H groups in total. The van der Waals surface area contributed by atoms with Gasteiger partial charge >= 0.3 is 0 Å². The van der Waals surface area contributed by atoms with E-state index >= 15 is 0 Å². The number of hydrogen-bond donors (Lipinski definition) is 0. The summed E-state index contributed by atoms with van der Waals surface area (Å²) in [5.41, 5.74) is 1.44. The number of hydrogen-bond acceptors (Lipinski definition) is 2. The third kappa shape index (κ3) is 2.42. The van der Waals surface area contributed by atoms with Gasteiger partial charge in [-0.25, -0.2) is 0 Å². The van der Waals surface area contributed by atoms with E-state index < -0.39 is 0 Å². The largest absolute Gasteiger partial charge is 0.274 e. The predicted molar refractivity (Wildman–Crippen MR) is 44.0 cm³/mol. The third-order valence-corrected chi connectivity index (χ3v) is 1.13. The summed E-state index contributed by atoms with van der Waals surface area (Å²) in [7, 11) is 1.80. The van der Waals surface area contributed by atoms with E-state index in [9.17, 15) is 0 Å². The average molecular weight is 151 g/mol. The number of nitrogens with zero attached hydrogens (tertiary/aromatic N) is 3. The molecule has 0 saturated carbocycles. The standard InChI is InChI=1S/C6H7N3.C2H6/c1-5-6(3-7)4-9(2)8-5;1-2/h4H,1-2H3;1-2H3. The van der Waals surface area contributed by atoms with E-state index in [0.29, 0.717) is 5.56 Å². The van der Waals surface area contributed by atoms with Crippen molar-refractivity contribution in [3.63, 3.8) is 0 Å². The fraction of sp³-hybridized carbons (Fsp3) is 0.500. The molecule has 0 aromatic carbocycles. The molecule has 0 atom stereocenters. The normalized spacial score (nSPS) is 7.91. The van der Waals surface area contributed by atoms with Crippen molar-refractivity contribution in [3.05, 3.63) is 17.5 Å². The third-order valence-electron chi connectivity index (χ3n) is 1.13. The van der Waals surface area contributed by atoms with Crippen LogP contribution in [0.2, 0.25) is 0 Å². The highest BCUT2D eigenvalue weighted by Gasteiger charge is 1.98. The minimum atomic E-state index is 0.650. The summed E-state index contributed by atoms with van der Waals surface area (Å²) in [5, 5.41) is 12.4. The molecule has 0 unspecified atom stereocenters. The number of aryl methyl sites for hydroxylation is 2. The van der Waals surface area contributed by atoms with Crippen LogP contribution in [0.4, 0.5) is 0 Å². The Kier molecular flexibility index (Phi) is 3.97. The van der Waals surface area contributed by atoms with Gasteiger partial charge in [-0.1, -0.05) is 13.8 Å². The van der Waals surface area contributed by atoms with Crippen molar-refractivity contribution < 1.29 is 0 Å². The first kappa shape index (κ1) is 9.70. The van der Waals surface area contributed by atoms with Crippen LogP contribution in [-0.2, 0) is 7.05 Å². The second kappa shape index (κ2) is 4.51. The Bertz CT molecular complexity index is 255. The first-order chi connectivity index (χ1) is 5.24. The summed E-state index contributed by atoms with van der Waals surface area (Å²) in [6, 6.07) is 2.03. The van der Waals surface area contributed by atoms with E-state index in [1.165, 1.54) is 0 Å². The molecule has 1 aromatic rings. The summed E-state index contributed by atoms with van der Waals surface area (Å²) >= 11 is 0. The molecule has 1 heterocycles. The molecule has 0 saturated heterocycles. The summed E-state index contributed by atoms with van der Waals surface area (Å²) in [6.45, 7) is 5.82. The van der Waals surface area contributed by atoms with Crippen molar-refractivity contribution in [1.82, 2.24) is 9.78 Å². The second-order valence-electron chi connectivity index (χ2n) is 1.91. The van der Waals surface area contributed by atoms with Crippen LogP contribution in [0.25, 0.3) is 0 Å². The molecule has 3 nitrogen and oxygen atoms in total. The van der Waals surface area contributed by atoms with Gasteiger partial charge in [0.05, 0.1) is 11.3 Å². The lowest BCUT2D eigenvalue weighted by Gasteiger charge is -1.79. The van der Waals surface area contributed by atoms with Gasteiger partial charge in [-0.3, -0.25) is 4.68 Å². The molecule has 0 aliphatic rings. The van der Waals surface area contributed by atoms with Crippen LogP contribution in [0.15, 0.2) is 6.20 Å².